The number of hydrogen-bond donors (Lipinski definition) is 1. The highest BCUT2D eigenvalue weighted by Crippen LogP contribution is 2.24. The summed E-state index contributed by atoms with van der Waals surface area (Å²) in [5, 5.41) is 10.4. The third-order valence-corrected chi connectivity index (χ3v) is 7.94. The number of rotatable bonds is 26. The molecule has 0 aromatic heterocycles. The van der Waals surface area contributed by atoms with E-state index < -0.39 is 5.97 Å². The summed E-state index contributed by atoms with van der Waals surface area (Å²) in [5.41, 5.74) is 1.05. The summed E-state index contributed by atoms with van der Waals surface area (Å²) >= 11 is 0. The summed E-state index contributed by atoms with van der Waals surface area (Å²) in [6.07, 6.45) is 28.0. The predicted octanol–water partition coefficient (Wildman–Crippen LogP) is 11.3. The summed E-state index contributed by atoms with van der Waals surface area (Å²) in [5.74, 6) is 0.620. The van der Waals surface area contributed by atoms with Crippen LogP contribution in [0.15, 0.2) is 47.5 Å². The van der Waals surface area contributed by atoms with Crippen LogP contribution in [-0.4, -0.2) is 30.4 Å². The highest BCUT2D eigenvalue weighted by Gasteiger charge is 2.10. The Morgan fingerprint density at radius 2 is 1.14 bits per heavy atom. The minimum Gasteiger partial charge on any atom is -0.507 e. The fourth-order valence-electron chi connectivity index (χ4n) is 5.18. The van der Waals surface area contributed by atoms with Gasteiger partial charge in [0, 0.05) is 24.4 Å². The van der Waals surface area contributed by atoms with Gasteiger partial charge in [-0.2, -0.15) is 0 Å². The number of phenolic OH excluding ortho intramolecular Hbond substituents is 1. The molecule has 5 heteroatoms. The number of aliphatic imine (C=N–C) groups is 1. The van der Waals surface area contributed by atoms with Crippen LogP contribution in [0.3, 0.4) is 0 Å². The first kappa shape index (κ1) is 36.4. The van der Waals surface area contributed by atoms with Crippen LogP contribution in [0.1, 0.15) is 158 Å². The number of esters is 1. The van der Waals surface area contributed by atoms with Crippen LogP contribution < -0.4 is 9.47 Å². The van der Waals surface area contributed by atoms with Crippen molar-refractivity contribution in [2.24, 2.45) is 4.99 Å². The Hall–Kier alpha value is -2.82. The molecule has 0 amide bonds. The maximum atomic E-state index is 12.5. The average Bonchev–Trinajstić information content (AvgIpc) is 3.01. The molecule has 43 heavy (non-hydrogen) atoms. The molecule has 0 atom stereocenters. The number of aromatic hydroxyl groups is 1. The standard InChI is InChI=1S/C38H59NO4/c1-3-5-7-9-10-11-12-13-14-15-16-17-18-19-20-21-29-39-32-34-25-28-36(31-37(34)40)43-38(41)33-23-26-35(27-24-33)42-30-22-8-6-4-2/h23-28,31-32,40H,3-22,29-30H2,1-2H3. The van der Waals surface area contributed by atoms with E-state index in [1.54, 1.807) is 42.6 Å². The van der Waals surface area contributed by atoms with E-state index in [0.717, 1.165) is 31.6 Å². The average molecular weight is 594 g/mol. The fourth-order valence-corrected chi connectivity index (χ4v) is 5.18. The minimum atomic E-state index is -0.473. The molecule has 0 aliphatic carbocycles. The highest BCUT2D eigenvalue weighted by atomic mass is 16.5. The maximum Gasteiger partial charge on any atom is 0.343 e. The molecule has 0 radical (unpaired) electrons. The van der Waals surface area contributed by atoms with Crippen LogP contribution in [0.4, 0.5) is 0 Å². The summed E-state index contributed by atoms with van der Waals surface area (Å²) in [6, 6.07) is 11.8. The van der Waals surface area contributed by atoms with Crippen molar-refractivity contribution in [2.75, 3.05) is 13.2 Å². The molecule has 2 aromatic carbocycles. The van der Waals surface area contributed by atoms with E-state index in [2.05, 4.69) is 18.8 Å². The first-order chi connectivity index (χ1) is 21.1. The van der Waals surface area contributed by atoms with Gasteiger partial charge in [-0.15, -0.1) is 0 Å². The Morgan fingerprint density at radius 1 is 0.651 bits per heavy atom. The van der Waals surface area contributed by atoms with E-state index in [1.165, 1.54) is 115 Å². The van der Waals surface area contributed by atoms with Gasteiger partial charge in [0.2, 0.25) is 0 Å². The normalized spacial score (nSPS) is 11.3. The van der Waals surface area contributed by atoms with Gasteiger partial charge in [-0.1, -0.05) is 129 Å². The SMILES string of the molecule is CCCCCCCCCCCCCCCCCCN=Cc1ccc(OC(=O)c2ccc(OCCCCCC)cc2)cc1O. The van der Waals surface area contributed by atoms with Crippen LogP contribution >= 0.6 is 0 Å². The lowest BCUT2D eigenvalue weighted by Gasteiger charge is -2.08. The van der Waals surface area contributed by atoms with Gasteiger partial charge in [-0.05, 0) is 49.2 Å². The zero-order valence-electron chi connectivity index (χ0n) is 27.3. The molecule has 0 spiro atoms. The van der Waals surface area contributed by atoms with Crippen molar-refractivity contribution in [1.82, 2.24) is 0 Å². The Labute approximate surface area is 262 Å². The second-order valence-corrected chi connectivity index (χ2v) is 11.9. The number of benzene rings is 2. The van der Waals surface area contributed by atoms with Gasteiger partial charge in [-0.3, -0.25) is 4.99 Å². The Balaban J connectivity index is 1.52. The van der Waals surface area contributed by atoms with Crippen LogP contribution in [0.25, 0.3) is 0 Å². The third-order valence-electron chi connectivity index (χ3n) is 7.94. The number of phenols is 1. The molecule has 0 aliphatic rings. The lowest BCUT2D eigenvalue weighted by atomic mass is 10.0. The quantitative estimate of drug-likeness (QED) is 0.0510. The van der Waals surface area contributed by atoms with Crippen LogP contribution in [0.5, 0.6) is 17.2 Å². The molecule has 5 nitrogen and oxygen atoms in total. The molecule has 0 heterocycles. The second kappa shape index (κ2) is 24.6. The van der Waals surface area contributed by atoms with E-state index in [4.69, 9.17) is 9.47 Å². The Bertz CT molecular complexity index is 1000. The molecule has 240 valence electrons. The molecule has 0 fully saturated rings. The molecule has 2 aromatic rings. The van der Waals surface area contributed by atoms with E-state index in [1.807, 2.05) is 0 Å². The maximum absolute atomic E-state index is 12.5. The van der Waals surface area contributed by atoms with Crippen molar-refractivity contribution in [3.63, 3.8) is 0 Å². The van der Waals surface area contributed by atoms with Crippen molar-refractivity contribution < 1.29 is 19.4 Å². The Morgan fingerprint density at radius 3 is 1.67 bits per heavy atom. The lowest BCUT2D eigenvalue weighted by Crippen LogP contribution is -2.08. The van der Waals surface area contributed by atoms with Gasteiger partial charge in [-0.25, -0.2) is 4.79 Å². The molecule has 0 saturated carbocycles. The van der Waals surface area contributed by atoms with Gasteiger partial charge < -0.3 is 14.6 Å². The molecule has 0 saturated heterocycles. The Kier molecular flexibility index (Phi) is 20.8. The van der Waals surface area contributed by atoms with Crippen LogP contribution in [0, 0.1) is 0 Å². The fraction of sp³-hybridized carbons (Fsp3) is 0.632. The van der Waals surface area contributed by atoms with E-state index in [9.17, 15) is 9.90 Å². The monoisotopic (exact) mass is 593 g/mol. The summed E-state index contributed by atoms with van der Waals surface area (Å²) in [7, 11) is 0. The number of hydrogen-bond acceptors (Lipinski definition) is 5. The molecular formula is C38H59NO4. The van der Waals surface area contributed by atoms with Crippen molar-refractivity contribution in [2.45, 2.75) is 142 Å². The zero-order chi connectivity index (χ0) is 30.8. The van der Waals surface area contributed by atoms with Crippen LogP contribution in [0.2, 0.25) is 0 Å². The first-order valence-corrected chi connectivity index (χ1v) is 17.4. The molecule has 1 N–H and O–H groups in total. The van der Waals surface area contributed by atoms with Gasteiger partial charge in [0.1, 0.15) is 17.2 Å². The molecular weight excluding hydrogens is 534 g/mol. The molecule has 0 aliphatic heterocycles. The number of carbonyl (C=O) groups is 1. The van der Waals surface area contributed by atoms with E-state index >= 15 is 0 Å². The summed E-state index contributed by atoms with van der Waals surface area (Å²) < 4.78 is 11.2. The number of ether oxygens (including phenoxy) is 2. The number of nitrogens with zero attached hydrogens (tertiary/aromatic N) is 1. The summed E-state index contributed by atoms with van der Waals surface area (Å²) in [6.45, 7) is 5.90. The van der Waals surface area contributed by atoms with Crippen molar-refractivity contribution >= 4 is 12.2 Å². The summed E-state index contributed by atoms with van der Waals surface area (Å²) in [4.78, 5) is 17.0. The van der Waals surface area contributed by atoms with Crippen molar-refractivity contribution in [3.8, 4) is 17.2 Å². The van der Waals surface area contributed by atoms with E-state index in [0.29, 0.717) is 23.5 Å². The predicted molar refractivity (Wildman–Crippen MR) is 181 cm³/mol. The van der Waals surface area contributed by atoms with Crippen molar-refractivity contribution in [1.29, 1.82) is 0 Å². The van der Waals surface area contributed by atoms with Crippen LogP contribution in [-0.2, 0) is 0 Å². The van der Waals surface area contributed by atoms with Gasteiger partial charge >= 0.3 is 5.97 Å². The van der Waals surface area contributed by atoms with Crippen molar-refractivity contribution in [3.05, 3.63) is 53.6 Å². The third kappa shape index (κ3) is 17.8. The first-order valence-electron chi connectivity index (χ1n) is 17.4. The number of carbonyl (C=O) groups excluding carboxylic acids is 1. The van der Waals surface area contributed by atoms with Gasteiger partial charge in [0.05, 0.1) is 12.2 Å². The number of unbranched alkanes of at least 4 members (excludes halogenated alkanes) is 18. The highest BCUT2D eigenvalue weighted by molar-refractivity contribution is 5.91. The molecule has 0 bridgehead atoms. The largest absolute Gasteiger partial charge is 0.507 e. The topological polar surface area (TPSA) is 68.1 Å². The smallest absolute Gasteiger partial charge is 0.343 e. The molecule has 0 unspecified atom stereocenters. The minimum absolute atomic E-state index is 0.0489. The molecule has 2 rings (SSSR count). The second-order valence-electron chi connectivity index (χ2n) is 11.9. The lowest BCUT2D eigenvalue weighted by molar-refractivity contribution is 0.0734. The zero-order valence-corrected chi connectivity index (χ0v) is 27.3. The van der Waals surface area contributed by atoms with Gasteiger partial charge in [0.25, 0.3) is 0 Å². The van der Waals surface area contributed by atoms with E-state index in [-0.39, 0.29) is 5.75 Å². The van der Waals surface area contributed by atoms with Gasteiger partial charge in [0.15, 0.2) is 0 Å².